The first-order valence-corrected chi connectivity index (χ1v) is 7.61. The summed E-state index contributed by atoms with van der Waals surface area (Å²) in [6, 6.07) is 1.84. The minimum atomic E-state index is -0.304. The number of thiophene rings is 1. The number of rotatable bonds is 5. The number of esters is 1. The fourth-order valence-electron chi connectivity index (χ4n) is 2.00. The van der Waals surface area contributed by atoms with Gasteiger partial charge in [0.05, 0.1) is 23.1 Å². The van der Waals surface area contributed by atoms with Crippen molar-refractivity contribution in [1.82, 2.24) is 15.1 Å². The SMILES string of the molecule is Cc1nn(C)c2sc(C(=O)NCCC(=O)OC(C)C)cc12. The van der Waals surface area contributed by atoms with Crippen LogP contribution in [0.1, 0.15) is 35.6 Å². The molecule has 114 valence electrons. The molecule has 0 atom stereocenters. The maximum atomic E-state index is 12.1. The molecular weight excluding hydrogens is 290 g/mol. The van der Waals surface area contributed by atoms with Crippen molar-refractivity contribution in [3.05, 3.63) is 16.6 Å². The van der Waals surface area contributed by atoms with Crippen molar-refractivity contribution >= 4 is 33.4 Å². The maximum Gasteiger partial charge on any atom is 0.307 e. The summed E-state index contributed by atoms with van der Waals surface area (Å²) in [5.41, 5.74) is 0.906. The zero-order valence-corrected chi connectivity index (χ0v) is 13.4. The average Bonchev–Trinajstić information content (AvgIpc) is 2.91. The molecule has 0 saturated carbocycles. The molecule has 7 heteroatoms. The van der Waals surface area contributed by atoms with Gasteiger partial charge in [-0.25, -0.2) is 0 Å². The summed E-state index contributed by atoms with van der Waals surface area (Å²) in [6.07, 6.45) is 0.0429. The molecule has 2 heterocycles. The minimum absolute atomic E-state index is 0.133. The molecule has 0 aliphatic carbocycles. The quantitative estimate of drug-likeness (QED) is 0.858. The zero-order valence-electron chi connectivity index (χ0n) is 12.6. The molecule has 2 aromatic heterocycles. The molecule has 2 rings (SSSR count). The fourth-order valence-corrected chi connectivity index (χ4v) is 3.04. The monoisotopic (exact) mass is 309 g/mol. The summed E-state index contributed by atoms with van der Waals surface area (Å²) in [7, 11) is 1.86. The van der Waals surface area contributed by atoms with E-state index in [1.807, 2.05) is 20.0 Å². The van der Waals surface area contributed by atoms with E-state index in [9.17, 15) is 9.59 Å². The van der Waals surface area contributed by atoms with E-state index in [0.29, 0.717) is 4.88 Å². The lowest BCUT2D eigenvalue weighted by Crippen LogP contribution is -2.26. The molecule has 6 nitrogen and oxygen atoms in total. The van der Waals surface area contributed by atoms with Gasteiger partial charge in [0.2, 0.25) is 0 Å². The summed E-state index contributed by atoms with van der Waals surface area (Å²) < 4.78 is 6.78. The van der Waals surface area contributed by atoms with Crippen LogP contribution >= 0.6 is 11.3 Å². The van der Waals surface area contributed by atoms with Crippen molar-refractivity contribution in [2.45, 2.75) is 33.3 Å². The molecule has 1 N–H and O–H groups in total. The highest BCUT2D eigenvalue weighted by molar-refractivity contribution is 7.20. The predicted molar refractivity (Wildman–Crippen MR) is 81.5 cm³/mol. The number of hydrogen-bond acceptors (Lipinski definition) is 5. The first-order valence-electron chi connectivity index (χ1n) is 6.79. The van der Waals surface area contributed by atoms with E-state index in [1.165, 1.54) is 11.3 Å². The van der Waals surface area contributed by atoms with Crippen LogP contribution in [0.4, 0.5) is 0 Å². The van der Waals surface area contributed by atoms with Gasteiger partial charge in [0, 0.05) is 19.0 Å². The van der Waals surface area contributed by atoms with E-state index in [2.05, 4.69) is 10.4 Å². The van der Waals surface area contributed by atoms with Crippen LogP contribution in [0.15, 0.2) is 6.07 Å². The van der Waals surface area contributed by atoms with Gasteiger partial charge in [-0.3, -0.25) is 14.3 Å². The van der Waals surface area contributed by atoms with Gasteiger partial charge in [0.15, 0.2) is 0 Å². The Hall–Kier alpha value is -1.89. The van der Waals surface area contributed by atoms with Crippen LogP contribution in [-0.4, -0.2) is 34.3 Å². The summed E-state index contributed by atoms with van der Waals surface area (Å²) in [6.45, 7) is 5.78. The number of carbonyl (C=O) groups is 2. The number of hydrogen-bond donors (Lipinski definition) is 1. The fraction of sp³-hybridized carbons (Fsp3) is 0.500. The van der Waals surface area contributed by atoms with E-state index in [-0.39, 0.29) is 30.9 Å². The maximum absolute atomic E-state index is 12.1. The van der Waals surface area contributed by atoms with Crippen LogP contribution in [0.3, 0.4) is 0 Å². The second-order valence-electron chi connectivity index (χ2n) is 5.08. The van der Waals surface area contributed by atoms with E-state index in [1.54, 1.807) is 18.5 Å². The van der Waals surface area contributed by atoms with Crippen molar-refractivity contribution < 1.29 is 14.3 Å². The van der Waals surface area contributed by atoms with Crippen molar-refractivity contribution in [3.63, 3.8) is 0 Å². The first-order chi connectivity index (χ1) is 9.88. The Morgan fingerprint density at radius 2 is 2.19 bits per heavy atom. The molecule has 0 fully saturated rings. The Kier molecular flexibility index (Phi) is 4.62. The van der Waals surface area contributed by atoms with Gasteiger partial charge in [-0.1, -0.05) is 0 Å². The van der Waals surface area contributed by atoms with Crippen LogP contribution in [0, 0.1) is 6.92 Å². The molecular formula is C14H19N3O3S. The second kappa shape index (κ2) is 6.26. The van der Waals surface area contributed by atoms with Crippen molar-refractivity contribution in [2.75, 3.05) is 6.54 Å². The molecule has 1 amide bonds. The van der Waals surface area contributed by atoms with Gasteiger partial charge in [0.1, 0.15) is 4.83 Å². The minimum Gasteiger partial charge on any atom is -0.463 e. The summed E-state index contributed by atoms with van der Waals surface area (Å²) in [5.74, 6) is -0.477. The van der Waals surface area contributed by atoms with Gasteiger partial charge in [0.25, 0.3) is 5.91 Å². The number of carbonyl (C=O) groups excluding carboxylic acids is 2. The molecule has 0 aromatic carbocycles. The first kappa shape index (κ1) is 15.5. The molecule has 0 unspecified atom stereocenters. The third-order valence-electron chi connectivity index (χ3n) is 2.90. The number of amides is 1. The summed E-state index contributed by atoms with van der Waals surface area (Å²) in [4.78, 5) is 25.0. The predicted octanol–water partition coefficient (Wildman–Crippen LogP) is 2.01. The van der Waals surface area contributed by atoms with Crippen molar-refractivity contribution in [3.8, 4) is 0 Å². The molecule has 0 aliphatic heterocycles. The number of aromatic nitrogens is 2. The average molecular weight is 309 g/mol. The Labute approximate surface area is 127 Å². The van der Waals surface area contributed by atoms with E-state index < -0.39 is 0 Å². The number of ether oxygens (including phenoxy) is 1. The Morgan fingerprint density at radius 3 is 2.81 bits per heavy atom. The van der Waals surface area contributed by atoms with E-state index in [4.69, 9.17) is 4.74 Å². The zero-order chi connectivity index (χ0) is 15.6. The van der Waals surface area contributed by atoms with E-state index in [0.717, 1.165) is 15.9 Å². The molecule has 0 radical (unpaired) electrons. The van der Waals surface area contributed by atoms with Crippen LogP contribution in [0.2, 0.25) is 0 Å². The number of nitrogens with one attached hydrogen (secondary N) is 1. The van der Waals surface area contributed by atoms with Gasteiger partial charge >= 0.3 is 5.97 Å². The standard InChI is InChI=1S/C14H19N3O3S/c1-8(2)20-12(18)5-6-15-13(19)11-7-10-9(3)16-17(4)14(10)21-11/h7-8H,5-6H2,1-4H3,(H,15,19). The molecule has 0 spiro atoms. The summed E-state index contributed by atoms with van der Waals surface area (Å²) in [5, 5.41) is 8.02. The molecule has 0 saturated heterocycles. The third-order valence-corrected chi connectivity index (χ3v) is 4.10. The topological polar surface area (TPSA) is 73.2 Å². The van der Waals surface area contributed by atoms with Gasteiger partial charge < -0.3 is 10.1 Å². The Bertz CT molecular complexity index is 638. The van der Waals surface area contributed by atoms with Crippen molar-refractivity contribution in [2.24, 2.45) is 7.05 Å². The van der Waals surface area contributed by atoms with Gasteiger partial charge in [-0.15, -0.1) is 11.3 Å². The van der Waals surface area contributed by atoms with Crippen LogP contribution in [0.5, 0.6) is 0 Å². The second-order valence-corrected chi connectivity index (χ2v) is 6.11. The smallest absolute Gasteiger partial charge is 0.307 e. The highest BCUT2D eigenvalue weighted by Crippen LogP contribution is 2.27. The van der Waals surface area contributed by atoms with Crippen molar-refractivity contribution in [1.29, 1.82) is 0 Å². The lowest BCUT2D eigenvalue weighted by Gasteiger charge is -2.08. The number of aryl methyl sites for hydroxylation is 2. The Morgan fingerprint density at radius 1 is 1.48 bits per heavy atom. The highest BCUT2D eigenvalue weighted by atomic mass is 32.1. The molecule has 21 heavy (non-hydrogen) atoms. The lowest BCUT2D eigenvalue weighted by atomic mass is 10.3. The number of nitrogens with zero attached hydrogens (tertiary/aromatic N) is 2. The molecule has 0 aliphatic rings. The van der Waals surface area contributed by atoms with Crippen LogP contribution in [-0.2, 0) is 16.6 Å². The largest absolute Gasteiger partial charge is 0.463 e. The number of fused-ring (bicyclic) bond motifs is 1. The molecule has 2 aromatic rings. The highest BCUT2D eigenvalue weighted by Gasteiger charge is 2.15. The normalized spacial score (nSPS) is 11.1. The lowest BCUT2D eigenvalue weighted by molar-refractivity contribution is -0.147. The van der Waals surface area contributed by atoms with Crippen LogP contribution in [0.25, 0.3) is 10.2 Å². The third kappa shape index (κ3) is 3.60. The molecule has 0 bridgehead atoms. The Balaban J connectivity index is 1.93. The van der Waals surface area contributed by atoms with Gasteiger partial charge in [-0.05, 0) is 26.8 Å². The van der Waals surface area contributed by atoms with Gasteiger partial charge in [-0.2, -0.15) is 5.10 Å². The van der Waals surface area contributed by atoms with Crippen LogP contribution < -0.4 is 5.32 Å². The van der Waals surface area contributed by atoms with E-state index >= 15 is 0 Å². The summed E-state index contributed by atoms with van der Waals surface area (Å²) >= 11 is 1.39.